The lowest BCUT2D eigenvalue weighted by Gasteiger charge is -2.08. The van der Waals surface area contributed by atoms with Gasteiger partial charge in [0, 0.05) is 12.6 Å². The molecule has 0 aliphatic heterocycles. The molecular weight excluding hydrogens is 294 g/mol. The van der Waals surface area contributed by atoms with E-state index >= 15 is 0 Å². The fourth-order valence-corrected chi connectivity index (χ4v) is 2.35. The number of rotatable bonds is 3. The summed E-state index contributed by atoms with van der Waals surface area (Å²) in [7, 11) is 1.84. The van der Waals surface area contributed by atoms with Crippen LogP contribution in [0.1, 0.15) is 12.5 Å². The lowest BCUT2D eigenvalue weighted by atomic mass is 10.1. The van der Waals surface area contributed by atoms with Crippen LogP contribution in [0.5, 0.6) is 5.75 Å². The minimum absolute atomic E-state index is 0.574. The van der Waals surface area contributed by atoms with Crippen molar-refractivity contribution in [3.05, 3.63) is 34.4 Å². The van der Waals surface area contributed by atoms with E-state index in [2.05, 4.69) is 27.1 Å². The zero-order valence-corrected chi connectivity index (χ0v) is 11.7. The van der Waals surface area contributed by atoms with E-state index < -0.39 is 0 Å². The second kappa shape index (κ2) is 5.23. The van der Waals surface area contributed by atoms with E-state index in [1.54, 1.807) is 16.9 Å². The number of nitriles is 1. The standard InChI is InChI=1S/C13H12BrN3O/c1-3-18-10-4-5-11(9(6-10)7-15)13-12(14)8-16-17(13)2/h4-6,8H,3H2,1-2H3. The summed E-state index contributed by atoms with van der Waals surface area (Å²) in [5.41, 5.74) is 2.30. The second-order valence-electron chi connectivity index (χ2n) is 3.72. The molecule has 0 aliphatic rings. The third-order valence-electron chi connectivity index (χ3n) is 2.57. The van der Waals surface area contributed by atoms with Crippen LogP contribution in [0, 0.1) is 11.3 Å². The summed E-state index contributed by atoms with van der Waals surface area (Å²) in [6, 6.07) is 7.68. The van der Waals surface area contributed by atoms with Gasteiger partial charge in [-0.05, 0) is 41.1 Å². The van der Waals surface area contributed by atoms with Gasteiger partial charge in [-0.2, -0.15) is 10.4 Å². The zero-order valence-electron chi connectivity index (χ0n) is 10.1. The molecule has 0 radical (unpaired) electrons. The van der Waals surface area contributed by atoms with Gasteiger partial charge in [0.25, 0.3) is 0 Å². The van der Waals surface area contributed by atoms with Gasteiger partial charge in [0.05, 0.1) is 34.6 Å². The quantitative estimate of drug-likeness (QED) is 0.875. The third-order valence-corrected chi connectivity index (χ3v) is 3.15. The predicted octanol–water partition coefficient (Wildman–Crippen LogP) is 3.12. The average Bonchev–Trinajstić information content (AvgIpc) is 2.70. The maximum Gasteiger partial charge on any atom is 0.120 e. The average molecular weight is 306 g/mol. The third kappa shape index (κ3) is 2.24. The lowest BCUT2D eigenvalue weighted by Crippen LogP contribution is -1.97. The molecule has 0 aliphatic carbocycles. The highest BCUT2D eigenvalue weighted by atomic mass is 79.9. The summed E-state index contributed by atoms with van der Waals surface area (Å²) in [4.78, 5) is 0. The van der Waals surface area contributed by atoms with E-state index in [1.165, 1.54) is 0 Å². The Balaban J connectivity index is 2.56. The van der Waals surface area contributed by atoms with Crippen molar-refractivity contribution in [2.24, 2.45) is 7.05 Å². The van der Waals surface area contributed by atoms with Gasteiger partial charge in [0.1, 0.15) is 5.75 Å². The van der Waals surface area contributed by atoms with Gasteiger partial charge in [0.15, 0.2) is 0 Å². The number of hydrogen-bond acceptors (Lipinski definition) is 3. The summed E-state index contributed by atoms with van der Waals surface area (Å²) in [6.07, 6.45) is 1.72. The van der Waals surface area contributed by atoms with Crippen LogP contribution < -0.4 is 4.74 Å². The van der Waals surface area contributed by atoms with E-state index in [1.807, 2.05) is 26.1 Å². The topological polar surface area (TPSA) is 50.8 Å². The summed E-state index contributed by atoms with van der Waals surface area (Å²) in [6.45, 7) is 2.50. The minimum Gasteiger partial charge on any atom is -0.494 e. The number of aryl methyl sites for hydroxylation is 1. The lowest BCUT2D eigenvalue weighted by molar-refractivity contribution is 0.340. The Morgan fingerprint density at radius 1 is 1.50 bits per heavy atom. The van der Waals surface area contributed by atoms with Crippen LogP contribution in [-0.2, 0) is 7.05 Å². The Kier molecular flexibility index (Phi) is 3.68. The molecule has 0 amide bonds. The number of hydrogen-bond donors (Lipinski definition) is 0. The van der Waals surface area contributed by atoms with Crippen LogP contribution in [0.25, 0.3) is 11.3 Å². The monoisotopic (exact) mass is 305 g/mol. The van der Waals surface area contributed by atoms with E-state index in [0.29, 0.717) is 17.9 Å². The van der Waals surface area contributed by atoms with Gasteiger partial charge in [-0.25, -0.2) is 0 Å². The van der Waals surface area contributed by atoms with Crippen molar-refractivity contribution in [3.63, 3.8) is 0 Å². The van der Waals surface area contributed by atoms with Crippen molar-refractivity contribution in [2.45, 2.75) is 6.92 Å². The first-order valence-electron chi connectivity index (χ1n) is 5.52. The molecule has 0 N–H and O–H groups in total. The van der Waals surface area contributed by atoms with Crippen LogP contribution in [0.4, 0.5) is 0 Å². The van der Waals surface area contributed by atoms with Gasteiger partial charge in [0.2, 0.25) is 0 Å². The zero-order chi connectivity index (χ0) is 13.1. The molecule has 18 heavy (non-hydrogen) atoms. The highest BCUT2D eigenvalue weighted by Gasteiger charge is 2.13. The molecular formula is C13H12BrN3O. The Morgan fingerprint density at radius 3 is 2.83 bits per heavy atom. The summed E-state index contributed by atoms with van der Waals surface area (Å²) in [5.74, 6) is 0.705. The van der Waals surface area contributed by atoms with Crippen LogP contribution in [0.3, 0.4) is 0 Å². The number of halogens is 1. The first-order valence-corrected chi connectivity index (χ1v) is 6.31. The number of aromatic nitrogens is 2. The number of nitrogens with zero attached hydrogens (tertiary/aromatic N) is 3. The van der Waals surface area contributed by atoms with Crippen LogP contribution in [0.2, 0.25) is 0 Å². The number of benzene rings is 1. The van der Waals surface area contributed by atoms with Crippen LogP contribution in [-0.4, -0.2) is 16.4 Å². The first kappa shape index (κ1) is 12.7. The molecule has 1 heterocycles. The Hall–Kier alpha value is -1.80. The van der Waals surface area contributed by atoms with Gasteiger partial charge in [-0.15, -0.1) is 0 Å². The first-order chi connectivity index (χ1) is 8.67. The molecule has 0 atom stereocenters. The Labute approximate surface area is 114 Å². The molecule has 4 nitrogen and oxygen atoms in total. The Bertz CT molecular complexity index is 594. The Morgan fingerprint density at radius 2 is 2.28 bits per heavy atom. The molecule has 1 aromatic heterocycles. The maximum atomic E-state index is 9.24. The summed E-state index contributed by atoms with van der Waals surface area (Å²) < 4.78 is 8.00. The number of ether oxygens (including phenoxy) is 1. The van der Waals surface area contributed by atoms with Crippen molar-refractivity contribution in [3.8, 4) is 23.1 Å². The molecule has 2 aromatic rings. The molecule has 0 fully saturated rings. The normalized spacial score (nSPS) is 10.1. The van der Waals surface area contributed by atoms with Crippen molar-refractivity contribution in [1.82, 2.24) is 9.78 Å². The van der Waals surface area contributed by atoms with E-state index in [-0.39, 0.29) is 0 Å². The van der Waals surface area contributed by atoms with Gasteiger partial charge < -0.3 is 4.74 Å². The predicted molar refractivity (Wildman–Crippen MR) is 72.2 cm³/mol. The van der Waals surface area contributed by atoms with Crippen LogP contribution in [0.15, 0.2) is 28.9 Å². The molecule has 5 heteroatoms. The van der Waals surface area contributed by atoms with E-state index in [4.69, 9.17) is 4.74 Å². The smallest absolute Gasteiger partial charge is 0.120 e. The molecule has 0 saturated heterocycles. The molecule has 1 aromatic carbocycles. The van der Waals surface area contributed by atoms with E-state index in [9.17, 15) is 5.26 Å². The van der Waals surface area contributed by atoms with Crippen molar-refractivity contribution in [1.29, 1.82) is 5.26 Å². The highest BCUT2D eigenvalue weighted by Crippen LogP contribution is 2.31. The van der Waals surface area contributed by atoms with Gasteiger partial charge >= 0.3 is 0 Å². The fraction of sp³-hybridized carbons (Fsp3) is 0.231. The van der Waals surface area contributed by atoms with Crippen LogP contribution >= 0.6 is 15.9 Å². The fourth-order valence-electron chi connectivity index (χ4n) is 1.79. The van der Waals surface area contributed by atoms with Crippen molar-refractivity contribution >= 4 is 15.9 Å². The molecule has 0 bridgehead atoms. The molecule has 2 rings (SSSR count). The van der Waals surface area contributed by atoms with E-state index in [0.717, 1.165) is 15.7 Å². The summed E-state index contributed by atoms with van der Waals surface area (Å²) >= 11 is 3.44. The SMILES string of the molecule is CCOc1ccc(-c2c(Br)cnn2C)c(C#N)c1. The second-order valence-corrected chi connectivity index (χ2v) is 4.57. The minimum atomic E-state index is 0.574. The van der Waals surface area contributed by atoms with Gasteiger partial charge in [-0.1, -0.05) is 0 Å². The molecule has 0 saturated carbocycles. The molecule has 0 unspecified atom stereocenters. The largest absolute Gasteiger partial charge is 0.494 e. The highest BCUT2D eigenvalue weighted by molar-refractivity contribution is 9.10. The molecule has 0 spiro atoms. The van der Waals surface area contributed by atoms with Gasteiger partial charge in [-0.3, -0.25) is 4.68 Å². The maximum absolute atomic E-state index is 9.24. The summed E-state index contributed by atoms with van der Waals surface area (Å²) in [5, 5.41) is 13.4. The van der Waals surface area contributed by atoms with Crippen molar-refractivity contribution < 1.29 is 4.74 Å². The van der Waals surface area contributed by atoms with Crippen molar-refractivity contribution in [2.75, 3.05) is 6.61 Å². The molecule has 92 valence electrons.